The molecule has 4 nitrogen and oxygen atoms in total. The molecule has 0 heterocycles. The third-order valence-corrected chi connectivity index (χ3v) is 4.74. The van der Waals surface area contributed by atoms with Gasteiger partial charge < -0.3 is 9.47 Å². The molecule has 0 spiro atoms. The zero-order chi connectivity index (χ0) is 19.6. The van der Waals surface area contributed by atoms with E-state index >= 15 is 0 Å². The second-order valence-electron chi connectivity index (χ2n) is 6.98. The van der Waals surface area contributed by atoms with E-state index in [0.717, 1.165) is 19.3 Å². The summed E-state index contributed by atoms with van der Waals surface area (Å²) in [5.74, 6) is -0.504. The molecule has 4 heteroatoms. The fraction of sp³-hybridized carbons (Fsp3) is 0.391. The SMILES string of the molecule is CCC(C)CCC(C)C(OC(=O)c1ccccc1)OC(=O)c1ccccc1. The van der Waals surface area contributed by atoms with Crippen LogP contribution in [0.2, 0.25) is 0 Å². The van der Waals surface area contributed by atoms with Crippen LogP contribution in [0.15, 0.2) is 60.7 Å². The summed E-state index contributed by atoms with van der Waals surface area (Å²) in [4.78, 5) is 24.9. The third-order valence-electron chi connectivity index (χ3n) is 4.74. The summed E-state index contributed by atoms with van der Waals surface area (Å²) in [6.07, 6.45) is 1.96. The number of ether oxygens (including phenoxy) is 2. The van der Waals surface area contributed by atoms with Gasteiger partial charge in [0.2, 0.25) is 0 Å². The molecule has 2 aromatic carbocycles. The molecule has 2 atom stereocenters. The number of hydrogen-bond donors (Lipinski definition) is 0. The Kier molecular flexibility index (Phi) is 8.05. The van der Waals surface area contributed by atoms with E-state index in [9.17, 15) is 9.59 Å². The van der Waals surface area contributed by atoms with Crippen LogP contribution >= 0.6 is 0 Å². The van der Waals surface area contributed by atoms with Crippen LogP contribution in [0, 0.1) is 11.8 Å². The Bertz CT molecular complexity index is 658. The van der Waals surface area contributed by atoms with Gasteiger partial charge in [0.15, 0.2) is 0 Å². The first-order chi connectivity index (χ1) is 13.0. The maximum Gasteiger partial charge on any atom is 0.341 e. The topological polar surface area (TPSA) is 52.6 Å². The number of rotatable bonds is 9. The van der Waals surface area contributed by atoms with Crippen LogP contribution in [0.5, 0.6) is 0 Å². The van der Waals surface area contributed by atoms with Gasteiger partial charge >= 0.3 is 11.9 Å². The highest BCUT2D eigenvalue weighted by Gasteiger charge is 2.27. The Morgan fingerprint density at radius 2 is 1.22 bits per heavy atom. The lowest BCUT2D eigenvalue weighted by Crippen LogP contribution is -2.31. The van der Waals surface area contributed by atoms with Crippen molar-refractivity contribution in [1.29, 1.82) is 0 Å². The minimum absolute atomic E-state index is 0.0978. The zero-order valence-corrected chi connectivity index (χ0v) is 16.3. The Labute approximate surface area is 161 Å². The van der Waals surface area contributed by atoms with Crippen molar-refractivity contribution in [3.8, 4) is 0 Å². The number of hydrogen-bond acceptors (Lipinski definition) is 4. The number of carbonyl (C=O) groups is 2. The molecule has 0 aliphatic carbocycles. The molecular formula is C23H28O4. The van der Waals surface area contributed by atoms with E-state index in [2.05, 4.69) is 13.8 Å². The van der Waals surface area contributed by atoms with Crippen LogP contribution in [-0.2, 0) is 9.47 Å². The van der Waals surface area contributed by atoms with Gasteiger partial charge in [-0.15, -0.1) is 0 Å². The molecule has 144 valence electrons. The largest absolute Gasteiger partial charge is 0.421 e. The zero-order valence-electron chi connectivity index (χ0n) is 16.3. The molecule has 0 saturated heterocycles. The van der Waals surface area contributed by atoms with Crippen LogP contribution in [0.1, 0.15) is 60.7 Å². The monoisotopic (exact) mass is 368 g/mol. The van der Waals surface area contributed by atoms with E-state index < -0.39 is 18.2 Å². The fourth-order valence-corrected chi connectivity index (χ4v) is 2.64. The Morgan fingerprint density at radius 3 is 1.63 bits per heavy atom. The van der Waals surface area contributed by atoms with E-state index in [1.165, 1.54) is 0 Å². The summed E-state index contributed by atoms with van der Waals surface area (Å²) in [6.45, 7) is 6.29. The van der Waals surface area contributed by atoms with Gasteiger partial charge in [-0.05, 0) is 36.6 Å². The predicted molar refractivity (Wildman–Crippen MR) is 105 cm³/mol. The number of benzene rings is 2. The van der Waals surface area contributed by atoms with Crippen molar-refractivity contribution >= 4 is 11.9 Å². The van der Waals surface area contributed by atoms with E-state index in [-0.39, 0.29) is 5.92 Å². The van der Waals surface area contributed by atoms with Crippen molar-refractivity contribution < 1.29 is 19.1 Å². The van der Waals surface area contributed by atoms with Gasteiger partial charge in [0.05, 0.1) is 11.1 Å². The van der Waals surface area contributed by atoms with Crippen molar-refractivity contribution in [3.05, 3.63) is 71.8 Å². The van der Waals surface area contributed by atoms with Crippen molar-refractivity contribution in [3.63, 3.8) is 0 Å². The molecule has 0 aliphatic rings. The summed E-state index contributed by atoms with van der Waals surface area (Å²) in [5, 5.41) is 0. The molecule has 2 aromatic rings. The molecular weight excluding hydrogens is 340 g/mol. The number of esters is 2. The van der Waals surface area contributed by atoms with Crippen molar-refractivity contribution in [2.24, 2.45) is 11.8 Å². The van der Waals surface area contributed by atoms with Gasteiger partial charge in [-0.2, -0.15) is 0 Å². The molecule has 2 rings (SSSR count). The summed E-state index contributed by atoms with van der Waals surface area (Å²) in [7, 11) is 0. The number of carbonyl (C=O) groups excluding carboxylic acids is 2. The van der Waals surface area contributed by atoms with E-state index in [0.29, 0.717) is 17.0 Å². The lowest BCUT2D eigenvalue weighted by molar-refractivity contribution is -0.107. The standard InChI is InChI=1S/C23H28O4/c1-4-17(2)15-16-18(3)23(26-21(24)19-11-7-5-8-12-19)27-22(25)20-13-9-6-10-14-20/h5-14,17-18,23H,4,15-16H2,1-3H3. The summed E-state index contributed by atoms with van der Waals surface area (Å²) in [5.41, 5.74) is 0.875. The Morgan fingerprint density at radius 1 is 0.778 bits per heavy atom. The molecule has 0 aromatic heterocycles. The predicted octanol–water partition coefficient (Wildman–Crippen LogP) is 5.49. The minimum Gasteiger partial charge on any atom is -0.421 e. The summed E-state index contributed by atoms with van der Waals surface area (Å²) < 4.78 is 11.1. The highest BCUT2D eigenvalue weighted by atomic mass is 16.7. The van der Waals surface area contributed by atoms with Crippen molar-refractivity contribution in [2.75, 3.05) is 0 Å². The smallest absolute Gasteiger partial charge is 0.341 e. The average molecular weight is 368 g/mol. The second-order valence-corrected chi connectivity index (χ2v) is 6.98. The summed E-state index contributed by atoms with van der Waals surface area (Å²) >= 11 is 0. The van der Waals surface area contributed by atoms with E-state index in [1.807, 2.05) is 19.1 Å². The van der Waals surface area contributed by atoms with Gasteiger partial charge in [0, 0.05) is 5.92 Å². The second kappa shape index (κ2) is 10.5. The van der Waals surface area contributed by atoms with E-state index in [4.69, 9.17) is 9.47 Å². The van der Waals surface area contributed by atoms with Gasteiger partial charge in [-0.25, -0.2) is 9.59 Å². The van der Waals surface area contributed by atoms with Gasteiger partial charge in [0.1, 0.15) is 0 Å². The van der Waals surface area contributed by atoms with Crippen molar-refractivity contribution in [2.45, 2.75) is 46.3 Å². The molecule has 0 amide bonds. The molecule has 0 fully saturated rings. The maximum atomic E-state index is 12.5. The molecule has 0 saturated carbocycles. The summed E-state index contributed by atoms with van der Waals surface area (Å²) in [6, 6.07) is 17.5. The molecule has 0 N–H and O–H groups in total. The first kappa shape index (κ1) is 20.7. The van der Waals surface area contributed by atoms with E-state index in [1.54, 1.807) is 48.5 Å². The molecule has 27 heavy (non-hydrogen) atoms. The first-order valence-corrected chi connectivity index (χ1v) is 9.53. The Hall–Kier alpha value is -2.62. The third kappa shape index (κ3) is 6.55. The minimum atomic E-state index is -0.922. The molecule has 0 aliphatic heterocycles. The fourth-order valence-electron chi connectivity index (χ4n) is 2.64. The van der Waals surface area contributed by atoms with Crippen LogP contribution < -0.4 is 0 Å². The lowest BCUT2D eigenvalue weighted by atomic mass is 9.96. The highest BCUT2D eigenvalue weighted by Crippen LogP contribution is 2.22. The average Bonchev–Trinajstić information content (AvgIpc) is 2.72. The highest BCUT2D eigenvalue weighted by molar-refractivity contribution is 5.91. The molecule has 2 unspecified atom stereocenters. The van der Waals surface area contributed by atoms with Gasteiger partial charge in [0.25, 0.3) is 6.29 Å². The molecule has 0 radical (unpaired) electrons. The lowest BCUT2D eigenvalue weighted by Gasteiger charge is -2.25. The van der Waals surface area contributed by atoms with Gasteiger partial charge in [-0.1, -0.05) is 70.0 Å². The maximum absolute atomic E-state index is 12.5. The first-order valence-electron chi connectivity index (χ1n) is 9.53. The van der Waals surface area contributed by atoms with Crippen LogP contribution in [0.25, 0.3) is 0 Å². The van der Waals surface area contributed by atoms with Gasteiger partial charge in [-0.3, -0.25) is 0 Å². The van der Waals surface area contributed by atoms with Crippen LogP contribution in [0.4, 0.5) is 0 Å². The Balaban J connectivity index is 2.09. The quantitative estimate of drug-likeness (QED) is 0.434. The molecule has 0 bridgehead atoms. The normalized spacial score (nSPS) is 13.0. The van der Waals surface area contributed by atoms with Crippen LogP contribution in [0.3, 0.4) is 0 Å². The van der Waals surface area contributed by atoms with Crippen molar-refractivity contribution in [1.82, 2.24) is 0 Å². The van der Waals surface area contributed by atoms with Crippen LogP contribution in [-0.4, -0.2) is 18.2 Å².